The summed E-state index contributed by atoms with van der Waals surface area (Å²) in [6, 6.07) is 20.5. The van der Waals surface area contributed by atoms with Crippen LogP contribution in [-0.2, 0) is 13.0 Å². The average Bonchev–Trinajstić information content (AvgIpc) is 3.08. The second-order valence-corrected chi connectivity index (χ2v) is 8.67. The van der Waals surface area contributed by atoms with Gasteiger partial charge in [-0.1, -0.05) is 72.6 Å². The van der Waals surface area contributed by atoms with Gasteiger partial charge >= 0.3 is 0 Å². The lowest BCUT2D eigenvalue weighted by Crippen LogP contribution is -2.29. The van der Waals surface area contributed by atoms with E-state index >= 15 is 0 Å². The first-order chi connectivity index (χ1) is 15.5. The van der Waals surface area contributed by atoms with Crippen molar-refractivity contribution in [2.45, 2.75) is 32.9 Å². The van der Waals surface area contributed by atoms with Crippen LogP contribution in [0.5, 0.6) is 0 Å². The standard InChI is InChI=1S/C27H22ClNO3/c1-3-17-8-10-19(11-9-17)24-23-25(30)21-14-20(28)12-13-22(21)32-26(23)27(31)29(24)15-18-6-4-16(2)5-7-18/h4-14,24H,3,15H2,1-2H3. The van der Waals surface area contributed by atoms with Crippen molar-refractivity contribution in [3.05, 3.63) is 116 Å². The van der Waals surface area contributed by atoms with E-state index in [0.29, 0.717) is 28.1 Å². The van der Waals surface area contributed by atoms with Crippen molar-refractivity contribution in [1.29, 1.82) is 0 Å². The molecule has 5 rings (SSSR count). The Kier molecular flexibility index (Phi) is 5.10. The van der Waals surface area contributed by atoms with Crippen molar-refractivity contribution in [2.75, 3.05) is 0 Å². The molecule has 1 amide bonds. The monoisotopic (exact) mass is 443 g/mol. The molecule has 0 radical (unpaired) electrons. The molecule has 1 aromatic heterocycles. The number of carbonyl (C=O) groups is 1. The minimum Gasteiger partial charge on any atom is -0.450 e. The minimum atomic E-state index is -0.524. The molecule has 4 nitrogen and oxygen atoms in total. The number of halogens is 1. The van der Waals surface area contributed by atoms with E-state index in [4.69, 9.17) is 16.0 Å². The molecule has 1 aliphatic heterocycles. The molecule has 0 aliphatic carbocycles. The van der Waals surface area contributed by atoms with Gasteiger partial charge in [-0.25, -0.2) is 0 Å². The topological polar surface area (TPSA) is 50.5 Å². The molecule has 0 spiro atoms. The van der Waals surface area contributed by atoms with Crippen molar-refractivity contribution in [3.8, 4) is 0 Å². The first-order valence-corrected chi connectivity index (χ1v) is 11.1. The number of carbonyl (C=O) groups excluding carboxylic acids is 1. The van der Waals surface area contributed by atoms with Crippen LogP contribution in [0, 0.1) is 6.92 Å². The molecule has 5 heteroatoms. The van der Waals surface area contributed by atoms with Gasteiger partial charge in [0, 0.05) is 11.6 Å². The fourth-order valence-corrected chi connectivity index (χ4v) is 4.50. The molecular weight excluding hydrogens is 422 g/mol. The minimum absolute atomic E-state index is 0.113. The van der Waals surface area contributed by atoms with Crippen molar-refractivity contribution < 1.29 is 9.21 Å². The van der Waals surface area contributed by atoms with Crippen LogP contribution in [0.25, 0.3) is 11.0 Å². The number of amides is 1. The quantitative estimate of drug-likeness (QED) is 0.385. The van der Waals surface area contributed by atoms with Gasteiger partial charge in [0.05, 0.1) is 17.0 Å². The van der Waals surface area contributed by atoms with Crippen LogP contribution in [0.2, 0.25) is 5.02 Å². The summed E-state index contributed by atoms with van der Waals surface area (Å²) >= 11 is 6.15. The van der Waals surface area contributed by atoms with Crippen molar-refractivity contribution in [2.24, 2.45) is 0 Å². The lowest BCUT2D eigenvalue weighted by atomic mass is 9.97. The molecule has 32 heavy (non-hydrogen) atoms. The Labute approximate surface area is 191 Å². The second-order valence-electron chi connectivity index (χ2n) is 8.23. The van der Waals surface area contributed by atoms with Gasteiger partial charge in [-0.2, -0.15) is 0 Å². The van der Waals surface area contributed by atoms with E-state index in [1.54, 1.807) is 23.1 Å². The van der Waals surface area contributed by atoms with E-state index in [0.717, 1.165) is 23.1 Å². The summed E-state index contributed by atoms with van der Waals surface area (Å²) in [7, 11) is 0. The number of fused-ring (bicyclic) bond motifs is 2. The summed E-state index contributed by atoms with van der Waals surface area (Å²) in [5, 5.41) is 0.839. The summed E-state index contributed by atoms with van der Waals surface area (Å²) in [5.41, 5.74) is 4.75. The Morgan fingerprint density at radius 1 is 0.938 bits per heavy atom. The fourth-order valence-electron chi connectivity index (χ4n) is 4.33. The van der Waals surface area contributed by atoms with E-state index < -0.39 is 6.04 Å². The van der Waals surface area contributed by atoms with Gasteiger partial charge in [-0.05, 0) is 48.2 Å². The Morgan fingerprint density at radius 2 is 1.62 bits per heavy atom. The molecule has 1 aliphatic rings. The van der Waals surface area contributed by atoms with Crippen LogP contribution in [0.15, 0.2) is 75.9 Å². The Balaban J connectivity index is 1.70. The molecule has 3 aromatic carbocycles. The summed E-state index contributed by atoms with van der Waals surface area (Å²) in [6.45, 7) is 4.50. The SMILES string of the molecule is CCc1ccc(C2c3c(oc4ccc(Cl)cc4c3=O)C(=O)N2Cc2ccc(C)cc2)cc1. The molecule has 160 valence electrons. The number of hydrogen-bond donors (Lipinski definition) is 0. The predicted octanol–water partition coefficient (Wildman–Crippen LogP) is 6.06. The molecular formula is C27H22ClNO3. The highest BCUT2D eigenvalue weighted by atomic mass is 35.5. The maximum atomic E-state index is 13.6. The third kappa shape index (κ3) is 3.41. The Bertz CT molecular complexity index is 1390. The van der Waals surface area contributed by atoms with Crippen LogP contribution in [0.4, 0.5) is 0 Å². The van der Waals surface area contributed by atoms with Gasteiger partial charge in [0.15, 0.2) is 5.43 Å². The van der Waals surface area contributed by atoms with Gasteiger partial charge in [-0.15, -0.1) is 0 Å². The van der Waals surface area contributed by atoms with Crippen LogP contribution < -0.4 is 5.43 Å². The molecule has 2 heterocycles. The predicted molar refractivity (Wildman–Crippen MR) is 126 cm³/mol. The highest BCUT2D eigenvalue weighted by Gasteiger charge is 2.42. The highest BCUT2D eigenvalue weighted by Crippen LogP contribution is 2.39. The zero-order chi connectivity index (χ0) is 22.4. The molecule has 4 aromatic rings. The fraction of sp³-hybridized carbons (Fsp3) is 0.185. The maximum absolute atomic E-state index is 13.6. The highest BCUT2D eigenvalue weighted by molar-refractivity contribution is 6.31. The Hall–Kier alpha value is -3.37. The number of benzene rings is 3. The van der Waals surface area contributed by atoms with Gasteiger partial charge in [0.2, 0.25) is 5.76 Å². The number of aryl methyl sites for hydroxylation is 2. The summed E-state index contributed by atoms with van der Waals surface area (Å²) in [4.78, 5) is 28.8. The number of hydrogen-bond acceptors (Lipinski definition) is 3. The lowest BCUT2D eigenvalue weighted by Gasteiger charge is -2.25. The zero-order valence-corrected chi connectivity index (χ0v) is 18.6. The lowest BCUT2D eigenvalue weighted by molar-refractivity contribution is 0.0714. The van der Waals surface area contributed by atoms with E-state index in [1.807, 2.05) is 55.5 Å². The van der Waals surface area contributed by atoms with Gasteiger partial charge in [0.1, 0.15) is 5.58 Å². The van der Waals surface area contributed by atoms with E-state index in [9.17, 15) is 9.59 Å². The van der Waals surface area contributed by atoms with Crippen molar-refractivity contribution in [3.63, 3.8) is 0 Å². The maximum Gasteiger partial charge on any atom is 0.291 e. The van der Waals surface area contributed by atoms with Crippen molar-refractivity contribution >= 4 is 28.5 Å². The Morgan fingerprint density at radius 3 is 2.31 bits per heavy atom. The molecule has 0 saturated heterocycles. The summed E-state index contributed by atoms with van der Waals surface area (Å²) < 4.78 is 5.99. The normalized spacial score (nSPS) is 15.4. The van der Waals surface area contributed by atoms with Crippen LogP contribution in [0.1, 0.15) is 51.3 Å². The van der Waals surface area contributed by atoms with Gasteiger partial charge in [-0.3, -0.25) is 9.59 Å². The molecule has 0 fully saturated rings. The van der Waals surface area contributed by atoms with Crippen molar-refractivity contribution in [1.82, 2.24) is 4.90 Å². The largest absolute Gasteiger partial charge is 0.450 e. The molecule has 0 N–H and O–H groups in total. The zero-order valence-electron chi connectivity index (χ0n) is 17.9. The smallest absolute Gasteiger partial charge is 0.291 e. The molecule has 1 atom stereocenters. The van der Waals surface area contributed by atoms with Crippen LogP contribution in [0.3, 0.4) is 0 Å². The average molecular weight is 444 g/mol. The van der Waals surface area contributed by atoms with Gasteiger partial charge < -0.3 is 9.32 Å². The number of nitrogens with zero attached hydrogens (tertiary/aromatic N) is 1. The third-order valence-corrected chi connectivity index (χ3v) is 6.34. The number of rotatable bonds is 4. The molecule has 1 unspecified atom stereocenters. The van der Waals surface area contributed by atoms with E-state index in [1.165, 1.54) is 5.56 Å². The van der Waals surface area contributed by atoms with Crippen LogP contribution in [-0.4, -0.2) is 10.8 Å². The van der Waals surface area contributed by atoms with Gasteiger partial charge in [0.25, 0.3) is 5.91 Å². The van der Waals surface area contributed by atoms with Crippen LogP contribution >= 0.6 is 11.6 Å². The summed E-state index contributed by atoms with van der Waals surface area (Å²) in [6.07, 6.45) is 0.915. The molecule has 0 saturated carbocycles. The second kappa shape index (κ2) is 7.95. The third-order valence-electron chi connectivity index (χ3n) is 6.10. The van der Waals surface area contributed by atoms with E-state index in [2.05, 4.69) is 6.92 Å². The first kappa shape index (κ1) is 20.5. The van der Waals surface area contributed by atoms with E-state index in [-0.39, 0.29) is 17.1 Å². The first-order valence-electron chi connectivity index (χ1n) is 10.7. The molecule has 0 bridgehead atoms. The summed E-state index contributed by atoms with van der Waals surface area (Å²) in [5.74, 6) is -0.166.